The van der Waals surface area contributed by atoms with Crippen LogP contribution in [-0.4, -0.2) is 9.78 Å². The molecule has 2 heterocycles. The summed E-state index contributed by atoms with van der Waals surface area (Å²) in [7, 11) is 0. The maximum atomic E-state index is 13.5. The van der Waals surface area contributed by atoms with Crippen LogP contribution in [0.25, 0.3) is 10.8 Å². The molecule has 0 N–H and O–H groups in total. The Bertz CT molecular complexity index is 746. The number of rotatable bonds is 3. The number of nitrogens with zero attached hydrogens (tertiary/aromatic N) is 2. The molecule has 0 aliphatic heterocycles. The summed E-state index contributed by atoms with van der Waals surface area (Å²) >= 11 is 1.42. The Balaban J connectivity index is 1.95. The van der Waals surface area contributed by atoms with Gasteiger partial charge in [0.1, 0.15) is 5.82 Å². The molecule has 2 aromatic heterocycles. The first kappa shape index (κ1) is 11.9. The van der Waals surface area contributed by atoms with E-state index in [4.69, 9.17) is 4.42 Å². The van der Waals surface area contributed by atoms with Crippen molar-refractivity contribution in [3.05, 3.63) is 63.7 Å². The van der Waals surface area contributed by atoms with E-state index in [1.807, 2.05) is 17.5 Å². The fourth-order valence-corrected chi connectivity index (χ4v) is 2.34. The van der Waals surface area contributed by atoms with Crippen molar-refractivity contribution in [2.24, 2.45) is 0 Å². The van der Waals surface area contributed by atoms with Crippen LogP contribution in [0.15, 0.2) is 51.0 Å². The van der Waals surface area contributed by atoms with Crippen molar-refractivity contribution >= 4 is 11.3 Å². The minimum atomic E-state index is -0.591. The summed E-state index contributed by atoms with van der Waals surface area (Å²) in [5, 5.41) is 5.94. The first-order valence-corrected chi connectivity index (χ1v) is 6.47. The molecule has 3 rings (SSSR count). The topological polar surface area (TPSA) is 48.0 Å². The minimum absolute atomic E-state index is 0.0559. The highest BCUT2D eigenvalue weighted by atomic mass is 32.1. The number of aromatic nitrogens is 2. The predicted octanol–water partition coefficient (Wildman–Crippen LogP) is 2.75. The third kappa shape index (κ3) is 2.34. The Kier molecular flexibility index (Phi) is 3.00. The Morgan fingerprint density at radius 1 is 1.26 bits per heavy atom. The zero-order valence-electron chi connectivity index (χ0n) is 9.75. The summed E-state index contributed by atoms with van der Waals surface area (Å²) in [6.45, 7) is 0.0559. The van der Waals surface area contributed by atoms with Crippen LogP contribution in [-0.2, 0) is 6.54 Å². The lowest BCUT2D eigenvalue weighted by Crippen LogP contribution is -2.17. The van der Waals surface area contributed by atoms with E-state index in [9.17, 15) is 9.18 Å². The molecule has 0 amide bonds. The van der Waals surface area contributed by atoms with Gasteiger partial charge in [0.15, 0.2) is 0 Å². The molecule has 0 bridgehead atoms. The molecule has 19 heavy (non-hydrogen) atoms. The summed E-state index contributed by atoms with van der Waals surface area (Å²) < 4.78 is 19.7. The van der Waals surface area contributed by atoms with Crippen molar-refractivity contribution < 1.29 is 8.81 Å². The zero-order valence-corrected chi connectivity index (χ0v) is 10.6. The van der Waals surface area contributed by atoms with Gasteiger partial charge in [0.2, 0.25) is 0 Å². The smallest absolute Gasteiger partial charge is 0.387 e. The van der Waals surface area contributed by atoms with Gasteiger partial charge >= 0.3 is 5.76 Å². The summed E-state index contributed by atoms with van der Waals surface area (Å²) in [6, 6.07) is 9.92. The number of hydrogen-bond acceptors (Lipinski definition) is 4. The van der Waals surface area contributed by atoms with Crippen molar-refractivity contribution in [3.63, 3.8) is 0 Å². The largest absolute Gasteiger partial charge is 0.437 e. The van der Waals surface area contributed by atoms with Crippen LogP contribution >= 0.6 is 11.3 Å². The molecule has 0 unspecified atom stereocenters. The summed E-state index contributed by atoms with van der Waals surface area (Å²) in [6.07, 6.45) is 0. The Labute approximate surface area is 111 Å². The number of benzene rings is 1. The van der Waals surface area contributed by atoms with Gasteiger partial charge in [-0.2, -0.15) is 4.68 Å². The van der Waals surface area contributed by atoms with Gasteiger partial charge in [0.25, 0.3) is 5.89 Å². The monoisotopic (exact) mass is 276 g/mol. The number of hydrogen-bond donors (Lipinski definition) is 0. The maximum absolute atomic E-state index is 13.5. The van der Waals surface area contributed by atoms with Crippen molar-refractivity contribution in [2.45, 2.75) is 6.54 Å². The Morgan fingerprint density at radius 3 is 2.84 bits per heavy atom. The molecule has 0 fully saturated rings. The van der Waals surface area contributed by atoms with E-state index in [1.54, 1.807) is 18.2 Å². The number of thiophene rings is 1. The van der Waals surface area contributed by atoms with E-state index in [0.717, 1.165) is 9.56 Å². The van der Waals surface area contributed by atoms with Crippen molar-refractivity contribution in [1.82, 2.24) is 9.78 Å². The third-order valence-electron chi connectivity index (χ3n) is 2.62. The molecule has 0 saturated carbocycles. The quantitative estimate of drug-likeness (QED) is 0.739. The molecule has 1 aromatic carbocycles. The highest BCUT2D eigenvalue weighted by Gasteiger charge is 2.12. The average molecular weight is 276 g/mol. The van der Waals surface area contributed by atoms with Crippen molar-refractivity contribution in [3.8, 4) is 10.8 Å². The molecule has 0 aliphatic carbocycles. The predicted molar refractivity (Wildman–Crippen MR) is 69.6 cm³/mol. The standard InChI is InChI=1S/C13H9FN2O2S/c14-10-5-2-1-4-9(10)8-16-13(17)18-12(15-16)11-6-3-7-19-11/h1-7H,8H2. The molecule has 0 atom stereocenters. The van der Waals surface area contributed by atoms with Crippen LogP contribution in [0.1, 0.15) is 5.56 Å². The minimum Gasteiger partial charge on any atom is -0.387 e. The van der Waals surface area contributed by atoms with E-state index in [2.05, 4.69) is 5.10 Å². The lowest BCUT2D eigenvalue weighted by Gasteiger charge is -2.00. The van der Waals surface area contributed by atoms with Gasteiger partial charge in [0, 0.05) is 5.56 Å². The lowest BCUT2D eigenvalue weighted by atomic mass is 10.2. The van der Waals surface area contributed by atoms with E-state index >= 15 is 0 Å². The summed E-state index contributed by atoms with van der Waals surface area (Å²) in [4.78, 5) is 12.4. The van der Waals surface area contributed by atoms with E-state index in [-0.39, 0.29) is 18.3 Å². The molecule has 0 radical (unpaired) electrons. The Morgan fingerprint density at radius 2 is 2.11 bits per heavy atom. The molecule has 6 heteroatoms. The van der Waals surface area contributed by atoms with Crippen LogP contribution in [0.5, 0.6) is 0 Å². The van der Waals surface area contributed by atoms with Gasteiger partial charge in [-0.05, 0) is 17.5 Å². The molecule has 4 nitrogen and oxygen atoms in total. The summed E-state index contributed by atoms with van der Waals surface area (Å²) in [5.41, 5.74) is 0.399. The van der Waals surface area contributed by atoms with Crippen molar-refractivity contribution in [2.75, 3.05) is 0 Å². The second-order valence-electron chi connectivity index (χ2n) is 3.90. The van der Waals surface area contributed by atoms with Gasteiger partial charge in [-0.15, -0.1) is 16.4 Å². The molecule has 0 aliphatic rings. The van der Waals surface area contributed by atoms with Crippen LogP contribution in [0, 0.1) is 5.82 Å². The first-order chi connectivity index (χ1) is 9.24. The second-order valence-corrected chi connectivity index (χ2v) is 4.85. The Hall–Kier alpha value is -2.21. The third-order valence-corrected chi connectivity index (χ3v) is 3.47. The highest BCUT2D eigenvalue weighted by Crippen LogP contribution is 2.21. The van der Waals surface area contributed by atoms with Crippen LogP contribution < -0.4 is 5.76 Å². The van der Waals surface area contributed by atoms with Gasteiger partial charge < -0.3 is 4.42 Å². The van der Waals surface area contributed by atoms with Gasteiger partial charge in [-0.3, -0.25) is 0 Å². The van der Waals surface area contributed by atoms with E-state index in [0.29, 0.717) is 5.56 Å². The SMILES string of the molecule is O=c1oc(-c2cccs2)nn1Cc1ccccc1F. The fraction of sp³-hybridized carbons (Fsp3) is 0.0769. The normalized spacial score (nSPS) is 10.8. The average Bonchev–Trinajstić information content (AvgIpc) is 3.02. The van der Waals surface area contributed by atoms with Gasteiger partial charge in [0.05, 0.1) is 11.4 Å². The van der Waals surface area contributed by atoms with E-state index < -0.39 is 5.76 Å². The molecule has 0 saturated heterocycles. The van der Waals surface area contributed by atoms with E-state index in [1.165, 1.54) is 17.4 Å². The fourth-order valence-electron chi connectivity index (χ4n) is 1.69. The molecule has 96 valence electrons. The first-order valence-electron chi connectivity index (χ1n) is 5.59. The maximum Gasteiger partial charge on any atom is 0.437 e. The van der Waals surface area contributed by atoms with Crippen LogP contribution in [0.3, 0.4) is 0 Å². The molecular formula is C13H9FN2O2S. The highest BCUT2D eigenvalue weighted by molar-refractivity contribution is 7.13. The molecule has 3 aromatic rings. The van der Waals surface area contributed by atoms with Crippen LogP contribution in [0.2, 0.25) is 0 Å². The van der Waals surface area contributed by atoms with Crippen LogP contribution in [0.4, 0.5) is 4.39 Å². The molecule has 0 spiro atoms. The lowest BCUT2D eigenvalue weighted by molar-refractivity contribution is 0.490. The summed E-state index contributed by atoms with van der Waals surface area (Å²) in [5.74, 6) is -0.696. The number of halogens is 1. The zero-order chi connectivity index (χ0) is 13.2. The second kappa shape index (κ2) is 4.81. The molecular weight excluding hydrogens is 267 g/mol. The van der Waals surface area contributed by atoms with Crippen molar-refractivity contribution in [1.29, 1.82) is 0 Å². The van der Waals surface area contributed by atoms with Gasteiger partial charge in [-0.25, -0.2) is 9.18 Å². The van der Waals surface area contributed by atoms with Gasteiger partial charge in [-0.1, -0.05) is 24.3 Å².